The van der Waals surface area contributed by atoms with Crippen LogP contribution in [0.15, 0.2) is 36.9 Å². The van der Waals surface area contributed by atoms with Crippen LogP contribution < -0.4 is 0 Å². The van der Waals surface area contributed by atoms with Crippen molar-refractivity contribution in [2.24, 2.45) is 0 Å². The van der Waals surface area contributed by atoms with Gasteiger partial charge in [0.1, 0.15) is 0 Å². The Labute approximate surface area is 150 Å². The van der Waals surface area contributed by atoms with E-state index >= 15 is 0 Å². The fraction of sp³-hybridized carbons (Fsp3) is 0.579. The van der Waals surface area contributed by atoms with E-state index in [9.17, 15) is 5.11 Å². The van der Waals surface area contributed by atoms with Crippen molar-refractivity contribution in [3.8, 4) is 0 Å². The van der Waals surface area contributed by atoms with Crippen molar-refractivity contribution in [1.29, 1.82) is 0 Å². The normalized spacial score (nSPS) is 10.9. The second-order valence-electron chi connectivity index (χ2n) is 5.18. The van der Waals surface area contributed by atoms with E-state index in [1.165, 1.54) is 0 Å². The molecule has 1 aromatic rings. The highest BCUT2D eigenvalue weighted by molar-refractivity contribution is 5.25. The van der Waals surface area contributed by atoms with E-state index in [0.717, 1.165) is 11.1 Å². The average molecular weight is 354 g/mol. The molecule has 6 nitrogen and oxygen atoms in total. The number of ether oxygens (including phenoxy) is 5. The molecule has 0 unspecified atom stereocenters. The van der Waals surface area contributed by atoms with Crippen molar-refractivity contribution in [1.82, 2.24) is 0 Å². The molecule has 0 aliphatic heterocycles. The summed E-state index contributed by atoms with van der Waals surface area (Å²) in [4.78, 5) is 0. The van der Waals surface area contributed by atoms with Crippen molar-refractivity contribution in [3.63, 3.8) is 0 Å². The van der Waals surface area contributed by atoms with Gasteiger partial charge in [-0.05, 0) is 11.1 Å². The second-order valence-corrected chi connectivity index (χ2v) is 5.18. The van der Waals surface area contributed by atoms with Crippen LogP contribution in [0.3, 0.4) is 0 Å². The second kappa shape index (κ2) is 16.2. The van der Waals surface area contributed by atoms with E-state index in [1.807, 2.05) is 24.3 Å². The third-order valence-electron chi connectivity index (χ3n) is 3.27. The van der Waals surface area contributed by atoms with Crippen LogP contribution in [-0.4, -0.2) is 64.6 Å². The lowest BCUT2D eigenvalue weighted by molar-refractivity contribution is -0.0110. The third-order valence-corrected chi connectivity index (χ3v) is 3.27. The number of aliphatic hydroxyl groups is 1. The first kappa shape index (κ1) is 21.8. The molecule has 0 aliphatic carbocycles. The van der Waals surface area contributed by atoms with E-state index in [4.69, 9.17) is 23.7 Å². The Morgan fingerprint density at radius 3 is 1.72 bits per heavy atom. The maximum atomic E-state index is 9.23. The molecule has 0 radical (unpaired) electrons. The molecule has 0 aliphatic rings. The molecule has 142 valence electrons. The van der Waals surface area contributed by atoms with Gasteiger partial charge in [-0.3, -0.25) is 0 Å². The molecule has 6 heteroatoms. The topological polar surface area (TPSA) is 66.4 Å². The van der Waals surface area contributed by atoms with Gasteiger partial charge in [-0.1, -0.05) is 30.3 Å². The fourth-order valence-electron chi connectivity index (χ4n) is 1.98. The maximum absolute atomic E-state index is 9.23. The number of benzene rings is 1. The van der Waals surface area contributed by atoms with Crippen LogP contribution in [0.2, 0.25) is 0 Å². The van der Waals surface area contributed by atoms with E-state index in [-0.39, 0.29) is 6.61 Å². The highest BCUT2D eigenvalue weighted by Crippen LogP contribution is 2.09. The molecule has 0 amide bonds. The first-order valence-corrected chi connectivity index (χ1v) is 8.55. The molecule has 1 aromatic carbocycles. The van der Waals surface area contributed by atoms with Gasteiger partial charge in [0.05, 0.1) is 72.7 Å². The van der Waals surface area contributed by atoms with E-state index < -0.39 is 0 Å². The van der Waals surface area contributed by atoms with E-state index in [2.05, 4.69) is 6.58 Å². The van der Waals surface area contributed by atoms with E-state index in [0.29, 0.717) is 66.1 Å². The van der Waals surface area contributed by atoms with Gasteiger partial charge in [-0.2, -0.15) is 0 Å². The zero-order chi connectivity index (χ0) is 18.0. The van der Waals surface area contributed by atoms with Crippen molar-refractivity contribution >= 4 is 0 Å². The molecule has 1 rings (SSSR count). The molecule has 1 N–H and O–H groups in total. The Morgan fingerprint density at radius 2 is 1.20 bits per heavy atom. The minimum atomic E-state index is 0.0267. The third kappa shape index (κ3) is 11.8. The average Bonchev–Trinajstić information content (AvgIpc) is 2.65. The molecular weight excluding hydrogens is 324 g/mol. The highest BCUT2D eigenvalue weighted by Gasteiger charge is 2.00. The maximum Gasteiger partial charge on any atom is 0.0721 e. The molecule has 25 heavy (non-hydrogen) atoms. The predicted molar refractivity (Wildman–Crippen MR) is 95.5 cm³/mol. The zero-order valence-corrected chi connectivity index (χ0v) is 14.9. The van der Waals surface area contributed by atoms with Gasteiger partial charge in [0, 0.05) is 0 Å². The van der Waals surface area contributed by atoms with Crippen LogP contribution in [0.5, 0.6) is 0 Å². The minimum Gasteiger partial charge on any atom is -0.392 e. The van der Waals surface area contributed by atoms with E-state index in [1.54, 1.807) is 6.08 Å². The standard InChI is InChI=1S/C19H30O6/c1-2-7-21-8-9-22-10-11-23-12-13-24-14-15-25-17-19-6-4-3-5-18(19)16-20/h2-6,20H,1,7-17H2. The molecule has 0 fully saturated rings. The first-order valence-electron chi connectivity index (χ1n) is 8.55. The Hall–Kier alpha value is -1.28. The molecule has 0 heterocycles. The highest BCUT2D eigenvalue weighted by atomic mass is 16.6. The molecule has 0 saturated heterocycles. The summed E-state index contributed by atoms with van der Waals surface area (Å²) >= 11 is 0. The Kier molecular flexibility index (Phi) is 14.1. The quantitative estimate of drug-likeness (QED) is 0.341. The van der Waals surface area contributed by atoms with Gasteiger partial charge in [-0.25, -0.2) is 0 Å². The van der Waals surface area contributed by atoms with Crippen molar-refractivity contribution in [2.75, 3.05) is 59.5 Å². The van der Waals surface area contributed by atoms with Crippen LogP contribution in [0.1, 0.15) is 11.1 Å². The summed E-state index contributed by atoms with van der Waals surface area (Å²) < 4.78 is 26.9. The van der Waals surface area contributed by atoms with Gasteiger partial charge in [0.25, 0.3) is 0 Å². The summed E-state index contributed by atoms with van der Waals surface area (Å²) in [6.07, 6.45) is 1.71. The Morgan fingerprint density at radius 1 is 0.720 bits per heavy atom. The van der Waals surface area contributed by atoms with Crippen LogP contribution in [0, 0.1) is 0 Å². The van der Waals surface area contributed by atoms with Crippen LogP contribution in [0.4, 0.5) is 0 Å². The van der Waals surface area contributed by atoms with Crippen LogP contribution in [-0.2, 0) is 36.9 Å². The van der Waals surface area contributed by atoms with Crippen LogP contribution >= 0.6 is 0 Å². The lowest BCUT2D eigenvalue weighted by Gasteiger charge is -2.09. The number of aliphatic hydroxyl groups excluding tert-OH is 1. The largest absolute Gasteiger partial charge is 0.392 e. The first-order chi connectivity index (χ1) is 12.4. The lowest BCUT2D eigenvalue weighted by Crippen LogP contribution is -2.13. The predicted octanol–water partition coefficient (Wildman–Crippen LogP) is 1.95. The summed E-state index contributed by atoms with van der Waals surface area (Å²) in [5.74, 6) is 0. The van der Waals surface area contributed by atoms with Gasteiger partial charge in [-0.15, -0.1) is 6.58 Å². The molecule has 0 aromatic heterocycles. The Balaban J connectivity index is 1.82. The number of hydrogen-bond acceptors (Lipinski definition) is 6. The molecule has 0 bridgehead atoms. The summed E-state index contributed by atoms with van der Waals surface area (Å²) in [5.41, 5.74) is 1.90. The van der Waals surface area contributed by atoms with Gasteiger partial charge in [0.15, 0.2) is 0 Å². The molecule has 0 atom stereocenters. The van der Waals surface area contributed by atoms with Crippen molar-refractivity contribution in [2.45, 2.75) is 13.2 Å². The molecule has 0 spiro atoms. The number of hydrogen-bond donors (Lipinski definition) is 1. The minimum absolute atomic E-state index is 0.0267. The SMILES string of the molecule is C=CCOCCOCCOCCOCCOCc1ccccc1CO. The van der Waals surface area contributed by atoms with Gasteiger partial charge in [0.2, 0.25) is 0 Å². The van der Waals surface area contributed by atoms with Crippen molar-refractivity contribution < 1.29 is 28.8 Å². The smallest absolute Gasteiger partial charge is 0.0721 e. The molecule has 0 saturated carbocycles. The monoisotopic (exact) mass is 354 g/mol. The molecular formula is C19H30O6. The van der Waals surface area contributed by atoms with Crippen molar-refractivity contribution in [3.05, 3.63) is 48.0 Å². The lowest BCUT2D eigenvalue weighted by atomic mass is 10.1. The summed E-state index contributed by atoms with van der Waals surface area (Å²) in [5, 5.41) is 9.23. The summed E-state index contributed by atoms with van der Waals surface area (Å²) in [6.45, 7) is 8.92. The summed E-state index contributed by atoms with van der Waals surface area (Å²) in [6, 6.07) is 7.68. The number of rotatable bonds is 17. The summed E-state index contributed by atoms with van der Waals surface area (Å²) in [7, 11) is 0. The Bertz CT molecular complexity index is 438. The van der Waals surface area contributed by atoms with Gasteiger partial charge >= 0.3 is 0 Å². The van der Waals surface area contributed by atoms with Crippen LogP contribution in [0.25, 0.3) is 0 Å². The fourth-order valence-corrected chi connectivity index (χ4v) is 1.98. The zero-order valence-electron chi connectivity index (χ0n) is 14.9. The van der Waals surface area contributed by atoms with Gasteiger partial charge < -0.3 is 28.8 Å².